The van der Waals surface area contributed by atoms with Gasteiger partial charge in [0.2, 0.25) is 0 Å². The predicted octanol–water partition coefficient (Wildman–Crippen LogP) is 2.68. The van der Waals surface area contributed by atoms with Crippen LogP contribution in [0.1, 0.15) is 46.0 Å². The highest BCUT2D eigenvalue weighted by atomic mass is 16.4. The van der Waals surface area contributed by atoms with E-state index in [-0.39, 0.29) is 11.3 Å². The standard InChI is InChI=1S/C10H18O2/c1-10(2)6-4-3-5-8(7-10)9(11)12/h8H,3-7H2,1-2H3,(H,11,12). The molecule has 1 unspecified atom stereocenters. The molecule has 1 aliphatic rings. The Hall–Kier alpha value is -0.530. The van der Waals surface area contributed by atoms with E-state index in [1.165, 1.54) is 12.8 Å². The van der Waals surface area contributed by atoms with E-state index in [0.29, 0.717) is 0 Å². The average Bonchev–Trinajstić information content (AvgIpc) is 2.10. The molecule has 0 radical (unpaired) electrons. The summed E-state index contributed by atoms with van der Waals surface area (Å²) in [7, 11) is 0. The summed E-state index contributed by atoms with van der Waals surface area (Å²) in [5.74, 6) is -0.701. The monoisotopic (exact) mass is 170 g/mol. The first-order valence-electron chi connectivity index (χ1n) is 4.74. The number of aliphatic carboxylic acids is 1. The molecule has 1 aliphatic carbocycles. The summed E-state index contributed by atoms with van der Waals surface area (Å²) in [6, 6.07) is 0. The van der Waals surface area contributed by atoms with Crippen molar-refractivity contribution < 1.29 is 9.90 Å². The van der Waals surface area contributed by atoms with Crippen molar-refractivity contribution in [2.75, 3.05) is 0 Å². The Morgan fingerprint density at radius 1 is 1.42 bits per heavy atom. The Morgan fingerprint density at radius 2 is 2.08 bits per heavy atom. The fourth-order valence-electron chi connectivity index (χ4n) is 2.08. The zero-order chi connectivity index (χ0) is 9.19. The molecule has 0 aromatic carbocycles. The van der Waals surface area contributed by atoms with Gasteiger partial charge in [-0.15, -0.1) is 0 Å². The normalized spacial score (nSPS) is 29.3. The molecule has 1 N–H and O–H groups in total. The minimum atomic E-state index is -0.607. The molecular formula is C10H18O2. The van der Waals surface area contributed by atoms with Gasteiger partial charge in [-0.25, -0.2) is 0 Å². The molecule has 70 valence electrons. The lowest BCUT2D eigenvalue weighted by molar-refractivity contribution is -0.142. The average molecular weight is 170 g/mol. The van der Waals surface area contributed by atoms with E-state index in [1.807, 2.05) is 0 Å². The number of hydrogen-bond acceptors (Lipinski definition) is 1. The van der Waals surface area contributed by atoms with Crippen LogP contribution in [0.4, 0.5) is 0 Å². The van der Waals surface area contributed by atoms with Crippen LogP contribution in [0.5, 0.6) is 0 Å². The molecule has 1 atom stereocenters. The highest BCUT2D eigenvalue weighted by Gasteiger charge is 2.29. The maximum atomic E-state index is 10.8. The number of rotatable bonds is 1. The molecule has 1 rings (SSSR count). The summed E-state index contributed by atoms with van der Waals surface area (Å²) in [4.78, 5) is 10.8. The van der Waals surface area contributed by atoms with Crippen LogP contribution in [0, 0.1) is 11.3 Å². The summed E-state index contributed by atoms with van der Waals surface area (Å²) in [5, 5.41) is 8.90. The van der Waals surface area contributed by atoms with E-state index >= 15 is 0 Å². The van der Waals surface area contributed by atoms with Crippen molar-refractivity contribution in [3.05, 3.63) is 0 Å². The van der Waals surface area contributed by atoms with Gasteiger partial charge in [-0.2, -0.15) is 0 Å². The van der Waals surface area contributed by atoms with Gasteiger partial charge in [-0.05, 0) is 24.7 Å². The number of carbonyl (C=O) groups is 1. The summed E-state index contributed by atoms with van der Waals surface area (Å²) in [5.41, 5.74) is 0.236. The third-order valence-electron chi connectivity index (χ3n) is 2.80. The van der Waals surface area contributed by atoms with Crippen molar-refractivity contribution in [3.63, 3.8) is 0 Å². The lowest BCUT2D eigenvalue weighted by Crippen LogP contribution is -2.20. The molecule has 1 saturated carbocycles. The Kier molecular flexibility index (Phi) is 2.76. The minimum Gasteiger partial charge on any atom is -0.481 e. The molecule has 0 aromatic rings. The van der Waals surface area contributed by atoms with Crippen molar-refractivity contribution in [2.24, 2.45) is 11.3 Å². The van der Waals surface area contributed by atoms with E-state index in [4.69, 9.17) is 5.11 Å². The van der Waals surface area contributed by atoms with Gasteiger partial charge in [0.05, 0.1) is 5.92 Å². The highest BCUT2D eigenvalue weighted by Crippen LogP contribution is 2.36. The lowest BCUT2D eigenvalue weighted by Gasteiger charge is -2.24. The molecule has 0 aromatic heterocycles. The van der Waals surface area contributed by atoms with Crippen molar-refractivity contribution in [1.82, 2.24) is 0 Å². The summed E-state index contributed by atoms with van der Waals surface area (Å²) in [6.07, 6.45) is 5.18. The second-order valence-electron chi connectivity index (χ2n) is 4.65. The lowest BCUT2D eigenvalue weighted by atomic mass is 9.81. The van der Waals surface area contributed by atoms with Gasteiger partial charge < -0.3 is 5.11 Å². The fourth-order valence-corrected chi connectivity index (χ4v) is 2.08. The SMILES string of the molecule is CC1(C)CCCCC(C(=O)O)C1. The topological polar surface area (TPSA) is 37.3 Å². The van der Waals surface area contributed by atoms with Gasteiger partial charge in [0.1, 0.15) is 0 Å². The molecule has 12 heavy (non-hydrogen) atoms. The van der Waals surface area contributed by atoms with Crippen LogP contribution in [0.25, 0.3) is 0 Å². The van der Waals surface area contributed by atoms with Crippen LogP contribution in [0.3, 0.4) is 0 Å². The summed E-state index contributed by atoms with van der Waals surface area (Å²) >= 11 is 0. The highest BCUT2D eigenvalue weighted by molar-refractivity contribution is 5.70. The summed E-state index contributed by atoms with van der Waals surface area (Å²) in [6.45, 7) is 4.35. The van der Waals surface area contributed by atoms with E-state index < -0.39 is 5.97 Å². The molecule has 0 saturated heterocycles. The zero-order valence-electron chi connectivity index (χ0n) is 7.97. The predicted molar refractivity (Wildman–Crippen MR) is 48.0 cm³/mol. The van der Waals surface area contributed by atoms with Crippen LogP contribution in [-0.4, -0.2) is 11.1 Å². The van der Waals surface area contributed by atoms with E-state index in [9.17, 15) is 4.79 Å². The molecule has 0 amide bonds. The Bertz CT molecular complexity index is 173. The first-order chi connectivity index (χ1) is 5.51. The van der Waals surface area contributed by atoms with E-state index in [0.717, 1.165) is 19.3 Å². The fraction of sp³-hybridized carbons (Fsp3) is 0.900. The molecule has 0 heterocycles. The van der Waals surface area contributed by atoms with Gasteiger partial charge in [0, 0.05) is 0 Å². The first-order valence-corrected chi connectivity index (χ1v) is 4.74. The van der Waals surface area contributed by atoms with Gasteiger partial charge >= 0.3 is 5.97 Å². The van der Waals surface area contributed by atoms with Crippen molar-refractivity contribution in [3.8, 4) is 0 Å². The van der Waals surface area contributed by atoms with Crippen LogP contribution in [-0.2, 0) is 4.79 Å². The molecule has 2 heteroatoms. The minimum absolute atomic E-state index is 0.0949. The zero-order valence-corrected chi connectivity index (χ0v) is 7.97. The molecule has 2 nitrogen and oxygen atoms in total. The van der Waals surface area contributed by atoms with Gasteiger partial charge in [0.15, 0.2) is 0 Å². The molecule has 1 fully saturated rings. The Balaban J connectivity index is 2.60. The van der Waals surface area contributed by atoms with Crippen LogP contribution >= 0.6 is 0 Å². The van der Waals surface area contributed by atoms with Gasteiger partial charge in [-0.3, -0.25) is 4.79 Å². The largest absolute Gasteiger partial charge is 0.481 e. The number of carboxylic acids is 1. The smallest absolute Gasteiger partial charge is 0.306 e. The van der Waals surface area contributed by atoms with Gasteiger partial charge in [0.25, 0.3) is 0 Å². The Labute approximate surface area is 74.0 Å². The van der Waals surface area contributed by atoms with Crippen LogP contribution in [0.15, 0.2) is 0 Å². The molecule has 0 bridgehead atoms. The van der Waals surface area contributed by atoms with Gasteiger partial charge in [-0.1, -0.05) is 26.7 Å². The van der Waals surface area contributed by atoms with Crippen molar-refractivity contribution >= 4 is 5.97 Å². The van der Waals surface area contributed by atoms with E-state index in [1.54, 1.807) is 0 Å². The summed E-state index contributed by atoms with van der Waals surface area (Å²) < 4.78 is 0. The number of hydrogen-bond donors (Lipinski definition) is 1. The van der Waals surface area contributed by atoms with Crippen LogP contribution < -0.4 is 0 Å². The third-order valence-corrected chi connectivity index (χ3v) is 2.80. The second-order valence-corrected chi connectivity index (χ2v) is 4.65. The second kappa shape index (κ2) is 3.46. The quantitative estimate of drug-likeness (QED) is 0.614. The number of carboxylic acid groups (broad SMARTS) is 1. The van der Waals surface area contributed by atoms with Crippen molar-refractivity contribution in [1.29, 1.82) is 0 Å². The first kappa shape index (κ1) is 9.56. The Morgan fingerprint density at radius 3 is 2.67 bits per heavy atom. The third kappa shape index (κ3) is 2.50. The van der Waals surface area contributed by atoms with Crippen molar-refractivity contribution in [2.45, 2.75) is 46.0 Å². The maximum absolute atomic E-state index is 10.8. The van der Waals surface area contributed by atoms with Crippen LogP contribution in [0.2, 0.25) is 0 Å². The molecule has 0 aliphatic heterocycles. The van der Waals surface area contributed by atoms with E-state index in [2.05, 4.69) is 13.8 Å². The maximum Gasteiger partial charge on any atom is 0.306 e. The molecule has 0 spiro atoms. The molecular weight excluding hydrogens is 152 g/mol.